The number of benzene rings is 1. The minimum atomic E-state index is -0.0846. The molecule has 4 heteroatoms. The van der Waals surface area contributed by atoms with E-state index in [0.717, 1.165) is 0 Å². The van der Waals surface area contributed by atoms with Crippen molar-refractivity contribution < 1.29 is 9.53 Å². The number of carbonyl (C=O) groups excluding carboxylic acids is 1. The smallest absolute Gasteiger partial charge is 0.260 e. The molecule has 0 saturated carbocycles. The third-order valence-corrected chi connectivity index (χ3v) is 3.73. The molecule has 0 heterocycles. The first kappa shape index (κ1) is 18.5. The molecule has 0 aliphatic rings. The molecule has 1 amide bonds. The Balaban J connectivity index is 2.54. The van der Waals surface area contributed by atoms with Crippen molar-refractivity contribution in [2.24, 2.45) is 11.1 Å². The highest BCUT2D eigenvalue weighted by Gasteiger charge is 2.21. The molecule has 0 spiro atoms. The van der Waals surface area contributed by atoms with Crippen LogP contribution in [-0.4, -0.2) is 37.6 Å². The fourth-order valence-corrected chi connectivity index (χ4v) is 2.10. The second kappa shape index (κ2) is 7.14. The van der Waals surface area contributed by atoms with Crippen LogP contribution in [0.5, 0.6) is 5.75 Å². The number of likely N-dealkylation sites (N-methyl/N-ethyl adjacent to an activating group) is 1. The van der Waals surface area contributed by atoms with E-state index in [9.17, 15) is 4.79 Å². The van der Waals surface area contributed by atoms with Crippen LogP contribution in [0.1, 0.15) is 40.2 Å². The van der Waals surface area contributed by atoms with Gasteiger partial charge in [-0.25, -0.2) is 0 Å². The van der Waals surface area contributed by atoms with Crippen LogP contribution in [0.4, 0.5) is 0 Å². The topological polar surface area (TPSA) is 55.6 Å². The summed E-state index contributed by atoms with van der Waals surface area (Å²) in [6, 6.07) is 7.91. The van der Waals surface area contributed by atoms with Crippen molar-refractivity contribution in [2.45, 2.75) is 40.0 Å². The van der Waals surface area contributed by atoms with Crippen molar-refractivity contribution in [2.75, 3.05) is 26.7 Å². The Bertz CT molecular complexity index is 487. The number of nitrogens with two attached hydrogens (primary N) is 1. The molecule has 22 heavy (non-hydrogen) atoms. The molecule has 2 N–H and O–H groups in total. The van der Waals surface area contributed by atoms with Gasteiger partial charge in [-0.1, -0.05) is 46.8 Å². The Kier molecular flexibility index (Phi) is 6.00. The Labute approximate surface area is 134 Å². The Morgan fingerprint density at radius 1 is 1.14 bits per heavy atom. The fourth-order valence-electron chi connectivity index (χ4n) is 2.10. The highest BCUT2D eigenvalue weighted by Crippen LogP contribution is 2.24. The van der Waals surface area contributed by atoms with Gasteiger partial charge in [0.2, 0.25) is 0 Å². The van der Waals surface area contributed by atoms with E-state index >= 15 is 0 Å². The fraction of sp³-hybridized carbons (Fsp3) is 0.611. The number of ether oxygens (including phenoxy) is 1. The van der Waals surface area contributed by atoms with Crippen LogP contribution in [-0.2, 0) is 10.2 Å². The van der Waals surface area contributed by atoms with E-state index in [-0.39, 0.29) is 23.3 Å². The first-order chi connectivity index (χ1) is 10.0. The molecule has 0 aromatic heterocycles. The zero-order chi connectivity index (χ0) is 17.0. The number of rotatable bonds is 6. The number of hydrogen-bond acceptors (Lipinski definition) is 3. The number of amides is 1. The second-order valence-corrected chi connectivity index (χ2v) is 7.68. The summed E-state index contributed by atoms with van der Waals surface area (Å²) in [4.78, 5) is 13.8. The van der Waals surface area contributed by atoms with E-state index in [4.69, 9.17) is 10.5 Å². The summed E-state index contributed by atoms with van der Waals surface area (Å²) in [5.41, 5.74) is 6.97. The summed E-state index contributed by atoms with van der Waals surface area (Å²) in [5.74, 6) is 0.675. The van der Waals surface area contributed by atoms with E-state index in [2.05, 4.69) is 20.8 Å². The summed E-state index contributed by atoms with van der Waals surface area (Å²) < 4.78 is 5.58. The summed E-state index contributed by atoms with van der Waals surface area (Å²) in [5, 5.41) is 0. The lowest BCUT2D eigenvalue weighted by Crippen LogP contribution is -2.41. The number of carbonyl (C=O) groups is 1. The third-order valence-electron chi connectivity index (χ3n) is 3.73. The maximum atomic E-state index is 12.1. The lowest BCUT2D eigenvalue weighted by atomic mass is 9.87. The van der Waals surface area contributed by atoms with E-state index < -0.39 is 0 Å². The average Bonchev–Trinajstić information content (AvgIpc) is 2.43. The molecule has 0 radical (unpaired) electrons. The molecule has 1 rings (SSSR count). The molecule has 124 valence electrons. The Morgan fingerprint density at radius 3 is 2.14 bits per heavy atom. The number of hydrogen-bond donors (Lipinski definition) is 1. The van der Waals surface area contributed by atoms with Crippen molar-refractivity contribution >= 4 is 5.91 Å². The van der Waals surface area contributed by atoms with Crippen molar-refractivity contribution in [3.05, 3.63) is 29.8 Å². The van der Waals surface area contributed by atoms with Gasteiger partial charge in [0.05, 0.1) is 0 Å². The second-order valence-electron chi connectivity index (χ2n) is 7.68. The highest BCUT2D eigenvalue weighted by molar-refractivity contribution is 5.77. The molecule has 0 fully saturated rings. The Morgan fingerprint density at radius 2 is 1.68 bits per heavy atom. The van der Waals surface area contributed by atoms with E-state index in [0.29, 0.717) is 18.8 Å². The SMILES string of the molecule is CN(CC(C)(C)CN)C(=O)COc1ccc(C(C)(C)C)cc1. The zero-order valence-electron chi connectivity index (χ0n) is 14.8. The van der Waals surface area contributed by atoms with Crippen molar-refractivity contribution in [1.29, 1.82) is 0 Å². The van der Waals surface area contributed by atoms with Crippen molar-refractivity contribution in [3.8, 4) is 5.75 Å². The van der Waals surface area contributed by atoms with Gasteiger partial charge in [0.1, 0.15) is 5.75 Å². The number of nitrogens with zero attached hydrogens (tertiary/aromatic N) is 1. The van der Waals surface area contributed by atoms with Crippen LogP contribution in [0.25, 0.3) is 0 Å². The lowest BCUT2D eigenvalue weighted by Gasteiger charge is -2.29. The zero-order valence-corrected chi connectivity index (χ0v) is 14.8. The molecule has 0 unspecified atom stereocenters. The molecule has 0 saturated heterocycles. The normalized spacial score (nSPS) is 12.1. The van der Waals surface area contributed by atoms with Crippen molar-refractivity contribution in [3.63, 3.8) is 0 Å². The van der Waals surface area contributed by atoms with Gasteiger partial charge < -0.3 is 15.4 Å². The summed E-state index contributed by atoms with van der Waals surface area (Å²) in [7, 11) is 1.78. The largest absolute Gasteiger partial charge is 0.484 e. The minimum absolute atomic E-state index is 0.0403. The monoisotopic (exact) mass is 306 g/mol. The maximum Gasteiger partial charge on any atom is 0.260 e. The molecule has 0 bridgehead atoms. The van der Waals surface area contributed by atoms with Crippen LogP contribution in [0.15, 0.2) is 24.3 Å². The van der Waals surface area contributed by atoms with Crippen molar-refractivity contribution in [1.82, 2.24) is 4.90 Å². The molecule has 0 atom stereocenters. The predicted octanol–water partition coefficient (Wildman–Crippen LogP) is 2.81. The van der Waals surface area contributed by atoms with Crippen LogP contribution >= 0.6 is 0 Å². The highest BCUT2D eigenvalue weighted by atomic mass is 16.5. The first-order valence-corrected chi connectivity index (χ1v) is 7.72. The lowest BCUT2D eigenvalue weighted by molar-refractivity contribution is -0.133. The summed E-state index contributed by atoms with van der Waals surface area (Å²) in [6.45, 7) is 11.8. The van der Waals surface area contributed by atoms with Crippen LogP contribution in [0.3, 0.4) is 0 Å². The van der Waals surface area contributed by atoms with E-state index in [1.165, 1.54) is 5.56 Å². The van der Waals surface area contributed by atoms with Gasteiger partial charge in [0, 0.05) is 13.6 Å². The molecular formula is C18H30N2O2. The standard InChI is InChI=1S/C18H30N2O2/c1-17(2,3)14-7-9-15(10-8-14)22-11-16(21)20(6)13-18(4,5)12-19/h7-10H,11-13,19H2,1-6H3. The van der Waals surface area contributed by atoms with Gasteiger partial charge in [-0.15, -0.1) is 0 Å². The van der Waals surface area contributed by atoms with Crippen LogP contribution in [0.2, 0.25) is 0 Å². The predicted molar refractivity (Wildman–Crippen MR) is 91.1 cm³/mol. The van der Waals surface area contributed by atoms with Gasteiger partial charge in [-0.2, -0.15) is 0 Å². The quantitative estimate of drug-likeness (QED) is 0.879. The average molecular weight is 306 g/mol. The summed E-state index contributed by atoms with van der Waals surface area (Å²) in [6.07, 6.45) is 0. The minimum Gasteiger partial charge on any atom is -0.484 e. The molecule has 0 aliphatic carbocycles. The molecule has 1 aromatic carbocycles. The van der Waals surface area contributed by atoms with Crippen LogP contribution in [0, 0.1) is 5.41 Å². The van der Waals surface area contributed by atoms with Gasteiger partial charge in [0.25, 0.3) is 5.91 Å². The van der Waals surface area contributed by atoms with Gasteiger partial charge >= 0.3 is 0 Å². The summed E-state index contributed by atoms with van der Waals surface area (Å²) >= 11 is 0. The first-order valence-electron chi connectivity index (χ1n) is 7.72. The van der Waals surface area contributed by atoms with Gasteiger partial charge in [-0.3, -0.25) is 4.79 Å². The Hall–Kier alpha value is -1.55. The van der Waals surface area contributed by atoms with Gasteiger partial charge in [-0.05, 0) is 35.1 Å². The van der Waals surface area contributed by atoms with Crippen LogP contribution < -0.4 is 10.5 Å². The molecule has 4 nitrogen and oxygen atoms in total. The van der Waals surface area contributed by atoms with E-state index in [1.54, 1.807) is 11.9 Å². The molecular weight excluding hydrogens is 276 g/mol. The van der Waals surface area contributed by atoms with Gasteiger partial charge in [0.15, 0.2) is 6.61 Å². The molecule has 0 aliphatic heterocycles. The van der Waals surface area contributed by atoms with E-state index in [1.807, 2.05) is 38.1 Å². The molecule has 1 aromatic rings. The maximum absolute atomic E-state index is 12.1. The third kappa shape index (κ3) is 5.68.